The fraction of sp³-hybridized carbons (Fsp3) is 0.278. The van der Waals surface area contributed by atoms with E-state index in [-0.39, 0.29) is 0 Å². The van der Waals surface area contributed by atoms with Gasteiger partial charge in [-0.15, -0.1) is 0 Å². The first-order valence-electron chi connectivity index (χ1n) is 7.72. The number of ether oxygens (including phenoxy) is 1. The highest BCUT2D eigenvalue weighted by Gasteiger charge is 2.08. The number of nitrogens with zero attached hydrogens (tertiary/aromatic N) is 1. The molecule has 3 aromatic rings. The Morgan fingerprint density at radius 1 is 1.30 bits per heavy atom. The molecule has 0 unspecified atom stereocenters. The highest BCUT2D eigenvalue weighted by Crippen LogP contribution is 2.29. The Morgan fingerprint density at radius 2 is 2.17 bits per heavy atom. The molecule has 3 rings (SSSR count). The SMILES string of the molecule is COC[C@H](C)NCc1cccc(-c2cc(N)nc3[nH]ccc23)c1. The number of hydrogen-bond acceptors (Lipinski definition) is 4. The predicted octanol–water partition coefficient (Wildman–Crippen LogP) is 2.94. The number of nitrogens with one attached hydrogen (secondary N) is 2. The molecule has 4 N–H and O–H groups in total. The molecule has 0 saturated heterocycles. The van der Waals surface area contributed by atoms with E-state index in [2.05, 4.69) is 46.5 Å². The summed E-state index contributed by atoms with van der Waals surface area (Å²) in [6, 6.07) is 12.8. The van der Waals surface area contributed by atoms with Crippen LogP contribution in [0.15, 0.2) is 42.6 Å². The van der Waals surface area contributed by atoms with E-state index in [1.807, 2.05) is 18.3 Å². The molecule has 0 amide bonds. The summed E-state index contributed by atoms with van der Waals surface area (Å²) in [5.41, 5.74) is 10.2. The molecule has 5 nitrogen and oxygen atoms in total. The lowest BCUT2D eigenvalue weighted by Crippen LogP contribution is -2.29. The highest BCUT2D eigenvalue weighted by atomic mass is 16.5. The van der Waals surface area contributed by atoms with Crippen LogP contribution in [0.5, 0.6) is 0 Å². The molecule has 1 atom stereocenters. The van der Waals surface area contributed by atoms with E-state index >= 15 is 0 Å². The number of fused-ring (bicyclic) bond motifs is 1. The molecule has 0 aliphatic rings. The first-order chi connectivity index (χ1) is 11.2. The van der Waals surface area contributed by atoms with Crippen molar-refractivity contribution in [3.63, 3.8) is 0 Å². The maximum atomic E-state index is 5.93. The Bertz CT molecular complexity index is 797. The van der Waals surface area contributed by atoms with Gasteiger partial charge in [0.15, 0.2) is 0 Å². The molecule has 23 heavy (non-hydrogen) atoms. The normalized spacial score (nSPS) is 12.6. The maximum Gasteiger partial charge on any atom is 0.140 e. The van der Waals surface area contributed by atoms with Gasteiger partial charge in [0.2, 0.25) is 0 Å². The van der Waals surface area contributed by atoms with Gasteiger partial charge in [-0.2, -0.15) is 0 Å². The average Bonchev–Trinajstić information content (AvgIpc) is 3.01. The van der Waals surface area contributed by atoms with Crippen molar-refractivity contribution in [1.29, 1.82) is 0 Å². The summed E-state index contributed by atoms with van der Waals surface area (Å²) < 4.78 is 5.15. The fourth-order valence-corrected chi connectivity index (χ4v) is 2.75. The number of H-pyrrole nitrogens is 1. The summed E-state index contributed by atoms with van der Waals surface area (Å²) in [7, 11) is 1.72. The summed E-state index contributed by atoms with van der Waals surface area (Å²) in [6.07, 6.45) is 1.89. The molecular weight excluding hydrogens is 288 g/mol. The Labute approximate surface area is 135 Å². The number of benzene rings is 1. The number of hydrogen-bond donors (Lipinski definition) is 3. The number of methoxy groups -OCH3 is 1. The molecule has 120 valence electrons. The van der Waals surface area contributed by atoms with Crippen LogP contribution in [0.25, 0.3) is 22.2 Å². The lowest BCUT2D eigenvalue weighted by atomic mass is 10.0. The van der Waals surface area contributed by atoms with E-state index in [1.54, 1.807) is 7.11 Å². The quantitative estimate of drug-likeness (QED) is 0.654. The Morgan fingerprint density at radius 3 is 3.00 bits per heavy atom. The van der Waals surface area contributed by atoms with Crippen LogP contribution in [0.2, 0.25) is 0 Å². The van der Waals surface area contributed by atoms with Gasteiger partial charge >= 0.3 is 0 Å². The summed E-state index contributed by atoms with van der Waals surface area (Å²) in [6.45, 7) is 3.61. The Kier molecular flexibility index (Phi) is 4.60. The molecule has 0 radical (unpaired) electrons. The zero-order chi connectivity index (χ0) is 16.2. The molecular formula is C18H22N4O. The average molecular weight is 310 g/mol. The van der Waals surface area contributed by atoms with Gasteiger partial charge in [-0.3, -0.25) is 0 Å². The van der Waals surface area contributed by atoms with E-state index < -0.39 is 0 Å². The molecule has 0 bridgehead atoms. The van der Waals surface area contributed by atoms with E-state index in [0.717, 1.165) is 28.7 Å². The summed E-state index contributed by atoms with van der Waals surface area (Å²) in [4.78, 5) is 7.44. The maximum absolute atomic E-state index is 5.93. The zero-order valence-corrected chi connectivity index (χ0v) is 13.5. The number of aromatic nitrogens is 2. The van der Waals surface area contributed by atoms with Gasteiger partial charge in [-0.05, 0) is 41.8 Å². The standard InChI is InChI=1S/C18H22N4O/c1-12(11-23-2)21-10-13-4-3-5-14(8-13)16-9-17(19)22-18-15(16)6-7-20-18/h3-9,12,21H,10-11H2,1-2H3,(H3,19,20,22)/t12-/m0/s1. The number of aromatic amines is 1. The van der Waals surface area contributed by atoms with Crippen LogP contribution in [-0.2, 0) is 11.3 Å². The fourth-order valence-electron chi connectivity index (χ4n) is 2.75. The largest absolute Gasteiger partial charge is 0.384 e. The highest BCUT2D eigenvalue weighted by molar-refractivity contribution is 5.94. The lowest BCUT2D eigenvalue weighted by Gasteiger charge is -2.13. The van der Waals surface area contributed by atoms with Crippen molar-refractivity contribution in [2.24, 2.45) is 0 Å². The third-order valence-electron chi connectivity index (χ3n) is 3.86. The van der Waals surface area contributed by atoms with E-state index in [1.165, 1.54) is 5.56 Å². The first-order valence-corrected chi connectivity index (χ1v) is 7.72. The lowest BCUT2D eigenvalue weighted by molar-refractivity contribution is 0.171. The van der Waals surface area contributed by atoms with Gasteiger partial charge in [0, 0.05) is 31.3 Å². The Balaban J connectivity index is 1.88. The predicted molar refractivity (Wildman–Crippen MR) is 94.1 cm³/mol. The number of nitrogen functional groups attached to an aromatic ring is 1. The van der Waals surface area contributed by atoms with Gasteiger partial charge in [0.25, 0.3) is 0 Å². The van der Waals surface area contributed by atoms with Gasteiger partial charge in [0.1, 0.15) is 11.5 Å². The van der Waals surface area contributed by atoms with Gasteiger partial charge in [-0.25, -0.2) is 4.98 Å². The van der Waals surface area contributed by atoms with Gasteiger partial charge in [-0.1, -0.05) is 18.2 Å². The van der Waals surface area contributed by atoms with Crippen molar-refractivity contribution in [2.45, 2.75) is 19.5 Å². The second-order valence-corrected chi connectivity index (χ2v) is 5.77. The number of rotatable bonds is 6. The summed E-state index contributed by atoms with van der Waals surface area (Å²) in [5.74, 6) is 0.521. The first kappa shape index (κ1) is 15.5. The number of anilines is 1. The Hall–Kier alpha value is -2.37. The summed E-state index contributed by atoms with van der Waals surface area (Å²) >= 11 is 0. The van der Waals surface area contributed by atoms with Crippen molar-refractivity contribution in [2.75, 3.05) is 19.5 Å². The minimum atomic E-state index is 0.316. The summed E-state index contributed by atoms with van der Waals surface area (Å²) in [5, 5.41) is 4.53. The van der Waals surface area contributed by atoms with Crippen molar-refractivity contribution in [3.05, 3.63) is 48.2 Å². The van der Waals surface area contributed by atoms with Crippen LogP contribution in [0.3, 0.4) is 0 Å². The van der Waals surface area contributed by atoms with Crippen molar-refractivity contribution < 1.29 is 4.74 Å². The van der Waals surface area contributed by atoms with Crippen molar-refractivity contribution in [1.82, 2.24) is 15.3 Å². The minimum absolute atomic E-state index is 0.316. The second-order valence-electron chi connectivity index (χ2n) is 5.77. The van der Waals surface area contributed by atoms with Crippen LogP contribution >= 0.6 is 0 Å². The molecule has 2 aromatic heterocycles. The minimum Gasteiger partial charge on any atom is -0.384 e. The van der Waals surface area contributed by atoms with Crippen molar-refractivity contribution in [3.8, 4) is 11.1 Å². The van der Waals surface area contributed by atoms with Gasteiger partial charge in [0.05, 0.1) is 6.61 Å². The molecule has 0 aliphatic carbocycles. The molecule has 0 aliphatic heterocycles. The van der Waals surface area contributed by atoms with Crippen LogP contribution in [0, 0.1) is 0 Å². The molecule has 2 heterocycles. The van der Waals surface area contributed by atoms with Crippen LogP contribution < -0.4 is 11.1 Å². The molecule has 1 aromatic carbocycles. The van der Waals surface area contributed by atoms with Crippen LogP contribution in [0.1, 0.15) is 12.5 Å². The monoisotopic (exact) mass is 310 g/mol. The zero-order valence-electron chi connectivity index (χ0n) is 13.5. The number of nitrogens with two attached hydrogens (primary N) is 1. The third kappa shape index (κ3) is 3.52. The van der Waals surface area contributed by atoms with E-state index in [9.17, 15) is 0 Å². The topological polar surface area (TPSA) is 76.0 Å². The molecule has 5 heteroatoms. The van der Waals surface area contributed by atoms with Gasteiger partial charge < -0.3 is 20.8 Å². The smallest absolute Gasteiger partial charge is 0.140 e. The van der Waals surface area contributed by atoms with E-state index in [4.69, 9.17) is 10.5 Å². The number of pyridine rings is 1. The molecule has 0 fully saturated rings. The van der Waals surface area contributed by atoms with Crippen LogP contribution in [-0.4, -0.2) is 29.7 Å². The molecule has 0 saturated carbocycles. The second kappa shape index (κ2) is 6.81. The van der Waals surface area contributed by atoms with Crippen molar-refractivity contribution >= 4 is 16.9 Å². The third-order valence-corrected chi connectivity index (χ3v) is 3.86. The van der Waals surface area contributed by atoms with Crippen LogP contribution in [0.4, 0.5) is 5.82 Å². The molecule has 0 spiro atoms. The van der Waals surface area contributed by atoms with E-state index in [0.29, 0.717) is 18.5 Å².